The second kappa shape index (κ2) is 11.9. The van der Waals surface area contributed by atoms with Gasteiger partial charge < -0.3 is 20.9 Å². The lowest BCUT2D eigenvalue weighted by Gasteiger charge is -2.31. The van der Waals surface area contributed by atoms with Crippen LogP contribution in [0.4, 0.5) is 11.8 Å². The molecule has 41 heavy (non-hydrogen) atoms. The van der Waals surface area contributed by atoms with Gasteiger partial charge in [-0.3, -0.25) is 4.79 Å². The lowest BCUT2D eigenvalue weighted by atomic mass is 9.92. The zero-order valence-electron chi connectivity index (χ0n) is 23.2. The van der Waals surface area contributed by atoms with Crippen LogP contribution in [-0.4, -0.2) is 41.3 Å². The molecular weight excluding hydrogens is 516 g/mol. The monoisotopic (exact) mass is 548 g/mol. The highest BCUT2D eigenvalue weighted by molar-refractivity contribution is 5.95. The number of anilines is 2. The Balaban J connectivity index is 1.49. The van der Waals surface area contributed by atoms with E-state index in [-0.39, 0.29) is 17.9 Å². The van der Waals surface area contributed by atoms with Crippen molar-refractivity contribution in [3.63, 3.8) is 0 Å². The summed E-state index contributed by atoms with van der Waals surface area (Å²) in [6.07, 6.45) is 7.91. The molecule has 0 spiro atoms. The Kier molecular flexibility index (Phi) is 7.96. The highest BCUT2D eigenvalue weighted by Crippen LogP contribution is 2.36. The van der Waals surface area contributed by atoms with Crippen LogP contribution in [0, 0.1) is 0 Å². The van der Waals surface area contributed by atoms with E-state index >= 15 is 0 Å². The molecule has 1 aliphatic rings. The van der Waals surface area contributed by atoms with E-state index in [1.165, 1.54) is 16.6 Å². The smallest absolute Gasteiger partial charge is 0.267 e. The van der Waals surface area contributed by atoms with Crippen LogP contribution in [0.15, 0.2) is 78.0 Å². The number of hydrazone groups is 1. The van der Waals surface area contributed by atoms with Crippen molar-refractivity contribution in [2.75, 3.05) is 25.7 Å². The molecule has 0 saturated heterocycles. The fraction of sp³-hybridized carbons (Fsp3) is 0.188. The van der Waals surface area contributed by atoms with Crippen molar-refractivity contribution in [2.45, 2.75) is 25.8 Å². The molecule has 208 valence electrons. The Morgan fingerprint density at radius 3 is 2.51 bits per heavy atom. The maximum atomic E-state index is 13.7. The van der Waals surface area contributed by atoms with Crippen LogP contribution in [-0.2, 0) is 17.6 Å². The number of nitrogen functional groups attached to an aromatic ring is 2. The molecule has 0 saturated carbocycles. The summed E-state index contributed by atoms with van der Waals surface area (Å²) in [6, 6.07) is 19.7. The Hall–Kier alpha value is -5.18. The molecule has 1 amide bonds. The summed E-state index contributed by atoms with van der Waals surface area (Å²) in [5.41, 5.74) is 18.2. The molecule has 9 nitrogen and oxygen atoms in total. The topological polar surface area (TPSA) is 129 Å². The van der Waals surface area contributed by atoms with Crippen molar-refractivity contribution in [3.8, 4) is 11.5 Å². The number of benzene rings is 3. The number of hydrogen-bond acceptors (Lipinski definition) is 8. The number of aryl methyl sites for hydroxylation is 1. The van der Waals surface area contributed by atoms with Gasteiger partial charge >= 0.3 is 0 Å². The molecule has 0 bridgehead atoms. The molecule has 0 aliphatic carbocycles. The average Bonchev–Trinajstić information content (AvgIpc) is 3.00. The van der Waals surface area contributed by atoms with E-state index in [0.717, 1.165) is 34.2 Å². The number of carbonyl (C=O) groups excluding carboxylic acids is 1. The largest absolute Gasteiger partial charge is 0.493 e. The van der Waals surface area contributed by atoms with Gasteiger partial charge in [0, 0.05) is 35.4 Å². The Morgan fingerprint density at radius 2 is 1.80 bits per heavy atom. The van der Waals surface area contributed by atoms with E-state index in [1.807, 2.05) is 36.4 Å². The molecule has 0 radical (unpaired) electrons. The van der Waals surface area contributed by atoms with Crippen LogP contribution >= 0.6 is 0 Å². The Labute approximate surface area is 239 Å². The van der Waals surface area contributed by atoms with Gasteiger partial charge in [-0.15, -0.1) is 0 Å². The summed E-state index contributed by atoms with van der Waals surface area (Å²) >= 11 is 0. The lowest BCUT2D eigenvalue weighted by Crippen LogP contribution is -2.33. The van der Waals surface area contributed by atoms with E-state index in [2.05, 4.69) is 46.3 Å². The number of carbonyl (C=O) groups is 1. The fourth-order valence-electron chi connectivity index (χ4n) is 4.95. The van der Waals surface area contributed by atoms with Gasteiger partial charge in [0.15, 0.2) is 11.5 Å². The number of hydrogen-bond donors (Lipinski definition) is 2. The molecule has 1 aliphatic heterocycles. The predicted octanol–water partition coefficient (Wildman–Crippen LogP) is 4.79. The molecule has 9 heteroatoms. The second-order valence-corrected chi connectivity index (χ2v) is 9.62. The van der Waals surface area contributed by atoms with Crippen LogP contribution in [0.25, 0.3) is 6.08 Å². The Bertz CT molecular complexity index is 1630. The maximum Gasteiger partial charge on any atom is 0.267 e. The molecule has 4 aromatic rings. The third-order valence-corrected chi connectivity index (χ3v) is 7.07. The van der Waals surface area contributed by atoms with E-state index in [4.69, 9.17) is 20.9 Å². The Morgan fingerprint density at radius 1 is 1.02 bits per heavy atom. The first-order valence-corrected chi connectivity index (χ1v) is 13.3. The number of nitrogens with two attached hydrogens (primary N) is 2. The summed E-state index contributed by atoms with van der Waals surface area (Å²) in [5, 5.41) is 6.08. The summed E-state index contributed by atoms with van der Waals surface area (Å²) in [6.45, 7) is 2.12. The quantitative estimate of drug-likeness (QED) is 0.303. The van der Waals surface area contributed by atoms with Crippen molar-refractivity contribution < 1.29 is 14.3 Å². The van der Waals surface area contributed by atoms with Crippen molar-refractivity contribution >= 4 is 30.0 Å². The third kappa shape index (κ3) is 5.74. The molecule has 0 fully saturated rings. The zero-order valence-corrected chi connectivity index (χ0v) is 23.2. The highest BCUT2D eigenvalue weighted by atomic mass is 16.5. The molecule has 1 unspecified atom stereocenters. The van der Waals surface area contributed by atoms with E-state index in [1.54, 1.807) is 32.7 Å². The molecule has 5 rings (SSSR count). The van der Waals surface area contributed by atoms with Crippen LogP contribution in [0.2, 0.25) is 0 Å². The molecule has 3 aromatic carbocycles. The summed E-state index contributed by atoms with van der Waals surface area (Å²) in [7, 11) is 3.12. The van der Waals surface area contributed by atoms with Gasteiger partial charge in [0.25, 0.3) is 5.91 Å². The number of fused-ring (bicyclic) bond motifs is 1. The standard InChI is InChI=1S/C32H32N6O3/c1-4-20-9-11-22(12-10-20)29-26-8-6-5-7-24(26)19-36-38(29)28(39)14-13-23-15-21(17-27(40-2)30(23)41-3)16-25-18-35-32(34)37-31(25)33/h5-15,17-19,29H,4,16H2,1-3H3,(H4,33,34,35,37). The molecule has 2 heterocycles. The lowest BCUT2D eigenvalue weighted by molar-refractivity contribution is -0.127. The number of nitrogens with zero attached hydrogens (tertiary/aromatic N) is 4. The first kappa shape index (κ1) is 27.4. The van der Waals surface area contributed by atoms with Gasteiger partial charge in [-0.25, -0.2) is 9.99 Å². The predicted molar refractivity (Wildman–Crippen MR) is 161 cm³/mol. The summed E-state index contributed by atoms with van der Waals surface area (Å²) in [5.74, 6) is 1.17. The zero-order chi connectivity index (χ0) is 28.9. The van der Waals surface area contributed by atoms with Gasteiger partial charge in [-0.05, 0) is 46.9 Å². The van der Waals surface area contributed by atoms with E-state index < -0.39 is 0 Å². The molecule has 4 N–H and O–H groups in total. The first-order valence-electron chi connectivity index (χ1n) is 13.3. The van der Waals surface area contributed by atoms with Crippen molar-refractivity contribution in [2.24, 2.45) is 5.10 Å². The van der Waals surface area contributed by atoms with Crippen molar-refractivity contribution in [3.05, 3.63) is 112 Å². The third-order valence-electron chi connectivity index (χ3n) is 7.07. The van der Waals surface area contributed by atoms with Gasteiger partial charge in [0.2, 0.25) is 5.95 Å². The van der Waals surface area contributed by atoms with Gasteiger partial charge in [-0.1, -0.05) is 55.5 Å². The van der Waals surface area contributed by atoms with Crippen LogP contribution in [0.1, 0.15) is 51.9 Å². The van der Waals surface area contributed by atoms with Crippen LogP contribution in [0.5, 0.6) is 11.5 Å². The van der Waals surface area contributed by atoms with E-state index in [0.29, 0.717) is 29.3 Å². The number of rotatable bonds is 8. The normalized spacial score (nSPS) is 14.2. The number of aromatic nitrogens is 2. The van der Waals surface area contributed by atoms with Crippen LogP contribution < -0.4 is 20.9 Å². The SMILES string of the molecule is CCc1ccc(C2c3ccccc3C=NN2C(=O)C=Cc2cc(Cc3cnc(N)nc3N)cc(OC)c2OC)cc1. The second-order valence-electron chi connectivity index (χ2n) is 9.62. The summed E-state index contributed by atoms with van der Waals surface area (Å²) in [4.78, 5) is 21.8. The van der Waals surface area contributed by atoms with Crippen molar-refractivity contribution in [1.82, 2.24) is 15.0 Å². The number of amides is 1. The minimum atomic E-state index is -0.365. The highest BCUT2D eigenvalue weighted by Gasteiger charge is 2.30. The minimum absolute atomic E-state index is 0.114. The minimum Gasteiger partial charge on any atom is -0.493 e. The maximum absolute atomic E-state index is 13.7. The van der Waals surface area contributed by atoms with Crippen molar-refractivity contribution in [1.29, 1.82) is 0 Å². The van der Waals surface area contributed by atoms with E-state index in [9.17, 15) is 4.79 Å². The van der Waals surface area contributed by atoms with Gasteiger partial charge in [0.05, 0.1) is 20.4 Å². The molecular formula is C32H32N6O3. The average molecular weight is 549 g/mol. The summed E-state index contributed by atoms with van der Waals surface area (Å²) < 4.78 is 11.3. The first-order chi connectivity index (χ1) is 19.9. The van der Waals surface area contributed by atoms with Crippen LogP contribution in [0.3, 0.4) is 0 Å². The van der Waals surface area contributed by atoms with Gasteiger partial charge in [0.1, 0.15) is 11.9 Å². The van der Waals surface area contributed by atoms with Gasteiger partial charge in [-0.2, -0.15) is 10.1 Å². The molecule has 1 aromatic heterocycles. The number of ether oxygens (including phenoxy) is 2. The molecule has 1 atom stereocenters. The fourth-order valence-corrected chi connectivity index (χ4v) is 4.95. The number of methoxy groups -OCH3 is 2.